The Morgan fingerprint density at radius 1 is 1.44 bits per heavy atom. The molecule has 88 valence electrons. The number of rotatable bonds is 1. The highest BCUT2D eigenvalue weighted by Crippen LogP contribution is 2.31. The van der Waals surface area contributed by atoms with Gasteiger partial charge in [-0.25, -0.2) is 0 Å². The monoisotopic (exact) mass is 223 g/mol. The number of likely N-dealkylation sites (N-methyl/N-ethyl adjacent to an activating group) is 1. The summed E-state index contributed by atoms with van der Waals surface area (Å²) in [5.74, 6) is 0.608. The Labute approximate surface area is 95.5 Å². The van der Waals surface area contributed by atoms with Crippen LogP contribution < -0.4 is 9.64 Å². The Bertz CT molecular complexity index is 377. The standard InChI is InChI=1S/C10H11NO3.C2H6/c1-11-8-4-7(5-12)2-3-9(8)14-6-10(11)13;1-2/h2-4,12H,5-6H2,1H3;1-2H3. The lowest BCUT2D eigenvalue weighted by Gasteiger charge is -2.26. The van der Waals surface area contributed by atoms with E-state index in [1.807, 2.05) is 13.8 Å². The van der Waals surface area contributed by atoms with Crippen LogP contribution >= 0.6 is 0 Å². The van der Waals surface area contributed by atoms with Crippen molar-refractivity contribution >= 4 is 11.6 Å². The summed E-state index contributed by atoms with van der Waals surface area (Å²) >= 11 is 0. The second-order valence-corrected chi connectivity index (χ2v) is 3.20. The SMILES string of the molecule is CC.CN1C(=O)COc2ccc(CO)cc21. The number of hydrogen-bond acceptors (Lipinski definition) is 3. The average molecular weight is 223 g/mol. The molecule has 16 heavy (non-hydrogen) atoms. The Kier molecular flexibility index (Phi) is 4.31. The fraction of sp³-hybridized carbons (Fsp3) is 0.417. The molecule has 1 heterocycles. The summed E-state index contributed by atoms with van der Waals surface area (Å²) < 4.78 is 5.23. The van der Waals surface area contributed by atoms with E-state index in [2.05, 4.69) is 0 Å². The first kappa shape index (κ1) is 12.5. The minimum Gasteiger partial charge on any atom is -0.482 e. The Hall–Kier alpha value is -1.55. The first-order chi connectivity index (χ1) is 7.72. The summed E-state index contributed by atoms with van der Waals surface area (Å²) in [6, 6.07) is 5.30. The highest BCUT2D eigenvalue weighted by molar-refractivity contribution is 5.97. The van der Waals surface area contributed by atoms with E-state index in [0.717, 1.165) is 5.56 Å². The molecule has 1 N–H and O–H groups in total. The number of carbonyl (C=O) groups excluding carboxylic acids is 1. The third-order valence-electron chi connectivity index (χ3n) is 2.29. The molecule has 1 aromatic carbocycles. The van der Waals surface area contributed by atoms with E-state index in [4.69, 9.17) is 9.84 Å². The molecule has 1 aliphatic heterocycles. The van der Waals surface area contributed by atoms with Gasteiger partial charge in [-0.1, -0.05) is 19.9 Å². The normalized spacial score (nSPS) is 13.5. The molecule has 0 saturated heterocycles. The summed E-state index contributed by atoms with van der Waals surface area (Å²) in [4.78, 5) is 12.8. The zero-order valence-electron chi connectivity index (χ0n) is 9.86. The maximum Gasteiger partial charge on any atom is 0.264 e. The van der Waals surface area contributed by atoms with Crippen LogP contribution in [0, 0.1) is 0 Å². The maximum absolute atomic E-state index is 11.3. The molecule has 1 aromatic rings. The van der Waals surface area contributed by atoms with Gasteiger partial charge in [0.25, 0.3) is 5.91 Å². The van der Waals surface area contributed by atoms with Crippen molar-refractivity contribution in [1.82, 2.24) is 0 Å². The number of anilines is 1. The van der Waals surface area contributed by atoms with E-state index in [1.165, 1.54) is 4.90 Å². The van der Waals surface area contributed by atoms with Crippen molar-refractivity contribution in [1.29, 1.82) is 0 Å². The summed E-state index contributed by atoms with van der Waals surface area (Å²) in [5, 5.41) is 8.95. The van der Waals surface area contributed by atoms with Gasteiger partial charge in [0, 0.05) is 7.05 Å². The Morgan fingerprint density at radius 2 is 2.12 bits per heavy atom. The van der Waals surface area contributed by atoms with Crippen molar-refractivity contribution in [2.45, 2.75) is 20.5 Å². The van der Waals surface area contributed by atoms with Crippen molar-refractivity contribution in [3.63, 3.8) is 0 Å². The number of hydrogen-bond donors (Lipinski definition) is 1. The van der Waals surface area contributed by atoms with Crippen LogP contribution in [0.5, 0.6) is 5.75 Å². The van der Waals surface area contributed by atoms with E-state index in [0.29, 0.717) is 11.4 Å². The van der Waals surface area contributed by atoms with Crippen LogP contribution in [-0.4, -0.2) is 24.7 Å². The average Bonchev–Trinajstić information content (AvgIpc) is 2.36. The first-order valence-corrected chi connectivity index (χ1v) is 5.35. The second kappa shape index (κ2) is 5.51. The van der Waals surface area contributed by atoms with Gasteiger partial charge in [0.15, 0.2) is 6.61 Å². The smallest absolute Gasteiger partial charge is 0.264 e. The van der Waals surface area contributed by atoms with Gasteiger partial charge < -0.3 is 14.7 Å². The van der Waals surface area contributed by atoms with Crippen LogP contribution in [-0.2, 0) is 11.4 Å². The third kappa shape index (κ3) is 2.33. The van der Waals surface area contributed by atoms with E-state index in [-0.39, 0.29) is 19.1 Å². The van der Waals surface area contributed by atoms with E-state index < -0.39 is 0 Å². The van der Waals surface area contributed by atoms with Gasteiger partial charge in [-0.15, -0.1) is 0 Å². The number of amides is 1. The van der Waals surface area contributed by atoms with Crippen LogP contribution in [0.1, 0.15) is 19.4 Å². The van der Waals surface area contributed by atoms with E-state index in [1.54, 1.807) is 25.2 Å². The zero-order valence-corrected chi connectivity index (χ0v) is 9.86. The van der Waals surface area contributed by atoms with Crippen LogP contribution in [0.25, 0.3) is 0 Å². The highest BCUT2D eigenvalue weighted by atomic mass is 16.5. The van der Waals surface area contributed by atoms with Gasteiger partial charge in [0.2, 0.25) is 0 Å². The lowest BCUT2D eigenvalue weighted by molar-refractivity contribution is -0.120. The summed E-state index contributed by atoms with van der Waals surface area (Å²) in [6.07, 6.45) is 0. The molecule has 2 rings (SSSR count). The molecule has 0 radical (unpaired) electrons. The number of nitrogens with zero attached hydrogens (tertiary/aromatic N) is 1. The van der Waals surface area contributed by atoms with Crippen molar-refractivity contribution in [3.05, 3.63) is 23.8 Å². The molecule has 4 nitrogen and oxygen atoms in total. The topological polar surface area (TPSA) is 49.8 Å². The van der Waals surface area contributed by atoms with Gasteiger partial charge in [-0.3, -0.25) is 4.79 Å². The van der Waals surface area contributed by atoms with Crippen LogP contribution in [0.2, 0.25) is 0 Å². The molecule has 0 aliphatic carbocycles. The minimum absolute atomic E-state index is 0.0324. The van der Waals surface area contributed by atoms with Gasteiger partial charge in [-0.05, 0) is 17.7 Å². The van der Waals surface area contributed by atoms with Gasteiger partial charge in [-0.2, -0.15) is 0 Å². The lowest BCUT2D eigenvalue weighted by Crippen LogP contribution is -2.35. The molecule has 0 saturated carbocycles. The molecule has 1 aliphatic rings. The zero-order chi connectivity index (χ0) is 12.1. The van der Waals surface area contributed by atoms with E-state index in [9.17, 15) is 4.79 Å². The molecule has 0 unspecified atom stereocenters. The van der Waals surface area contributed by atoms with Gasteiger partial charge in [0.1, 0.15) is 5.75 Å². The quantitative estimate of drug-likeness (QED) is 0.786. The molecule has 0 atom stereocenters. The maximum atomic E-state index is 11.3. The Balaban J connectivity index is 0.000000606. The first-order valence-electron chi connectivity index (χ1n) is 5.35. The predicted octanol–water partition coefficient (Wildman–Crippen LogP) is 1.56. The summed E-state index contributed by atoms with van der Waals surface area (Å²) in [7, 11) is 1.70. The van der Waals surface area contributed by atoms with Crippen LogP contribution in [0.4, 0.5) is 5.69 Å². The van der Waals surface area contributed by atoms with Crippen LogP contribution in [0.3, 0.4) is 0 Å². The molecule has 0 aromatic heterocycles. The molecule has 0 bridgehead atoms. The third-order valence-corrected chi connectivity index (χ3v) is 2.29. The largest absolute Gasteiger partial charge is 0.482 e. The molecule has 1 amide bonds. The minimum atomic E-state index is -0.0763. The van der Waals surface area contributed by atoms with Crippen molar-refractivity contribution in [2.24, 2.45) is 0 Å². The molecular formula is C12H17NO3. The Morgan fingerprint density at radius 3 is 2.75 bits per heavy atom. The van der Waals surface area contributed by atoms with E-state index >= 15 is 0 Å². The highest BCUT2D eigenvalue weighted by Gasteiger charge is 2.21. The number of aliphatic hydroxyl groups excluding tert-OH is 1. The van der Waals surface area contributed by atoms with Crippen molar-refractivity contribution in [3.8, 4) is 5.75 Å². The fourth-order valence-corrected chi connectivity index (χ4v) is 1.42. The molecule has 0 spiro atoms. The van der Waals surface area contributed by atoms with Gasteiger partial charge >= 0.3 is 0 Å². The number of carbonyl (C=O) groups is 1. The number of aliphatic hydroxyl groups is 1. The summed E-state index contributed by atoms with van der Waals surface area (Å²) in [6.45, 7) is 4.05. The number of benzene rings is 1. The van der Waals surface area contributed by atoms with Crippen molar-refractivity contribution in [2.75, 3.05) is 18.6 Å². The lowest BCUT2D eigenvalue weighted by atomic mass is 10.1. The number of fused-ring (bicyclic) bond motifs is 1. The van der Waals surface area contributed by atoms with Crippen LogP contribution in [0.15, 0.2) is 18.2 Å². The van der Waals surface area contributed by atoms with Gasteiger partial charge in [0.05, 0.1) is 12.3 Å². The van der Waals surface area contributed by atoms with Crippen molar-refractivity contribution < 1.29 is 14.6 Å². The molecular weight excluding hydrogens is 206 g/mol. The molecule has 0 fully saturated rings. The summed E-state index contributed by atoms with van der Waals surface area (Å²) in [5.41, 5.74) is 1.49. The predicted molar refractivity (Wildman–Crippen MR) is 62.6 cm³/mol. The molecule has 4 heteroatoms. The fourth-order valence-electron chi connectivity index (χ4n) is 1.42. The number of ether oxygens (including phenoxy) is 1. The second-order valence-electron chi connectivity index (χ2n) is 3.20.